The van der Waals surface area contributed by atoms with Crippen LogP contribution in [0.15, 0.2) is 22.7 Å². The maximum atomic E-state index is 13.0. The third kappa shape index (κ3) is 2.54. The van der Waals surface area contributed by atoms with Gasteiger partial charge in [-0.3, -0.25) is 9.89 Å². The summed E-state index contributed by atoms with van der Waals surface area (Å²) >= 11 is 3.14. The fraction of sp³-hybridized carbons (Fsp3) is 0.611. The molecule has 4 nitrogen and oxygen atoms in total. The summed E-state index contributed by atoms with van der Waals surface area (Å²) in [5.74, 6) is 4.23. The standard InChI is InChI=1S/C18H21N3OS2/c22-15(18-7-11-4-12(8-18)6-13(5-11)9-18)10-24-17-19-16(20-21-17)14-2-1-3-23-14/h1-3,11-13H,4-10H2,(H,19,20,21). The Morgan fingerprint density at radius 2 is 1.96 bits per heavy atom. The number of thiophene rings is 1. The first-order valence-corrected chi connectivity index (χ1v) is 10.7. The molecule has 0 radical (unpaired) electrons. The van der Waals surface area contributed by atoms with E-state index < -0.39 is 0 Å². The van der Waals surface area contributed by atoms with Crippen LogP contribution < -0.4 is 0 Å². The highest BCUT2D eigenvalue weighted by molar-refractivity contribution is 7.99. The third-order valence-electron chi connectivity index (χ3n) is 6.18. The molecule has 4 fully saturated rings. The highest BCUT2D eigenvalue weighted by Crippen LogP contribution is 2.60. The van der Waals surface area contributed by atoms with Gasteiger partial charge in [0.15, 0.2) is 5.82 Å². The Labute approximate surface area is 149 Å². The highest BCUT2D eigenvalue weighted by atomic mass is 32.2. The van der Waals surface area contributed by atoms with Gasteiger partial charge in [0, 0.05) is 5.41 Å². The summed E-state index contributed by atoms with van der Waals surface area (Å²) in [6, 6.07) is 4.03. The lowest BCUT2D eigenvalue weighted by molar-refractivity contribution is -0.141. The molecular weight excluding hydrogens is 338 g/mol. The number of hydrogen-bond donors (Lipinski definition) is 1. The monoisotopic (exact) mass is 359 g/mol. The first-order chi connectivity index (χ1) is 11.7. The molecular formula is C18H21N3OS2. The lowest BCUT2D eigenvalue weighted by Crippen LogP contribution is -2.50. The van der Waals surface area contributed by atoms with E-state index in [-0.39, 0.29) is 5.41 Å². The second-order valence-electron chi connectivity index (χ2n) is 7.85. The van der Waals surface area contributed by atoms with Crippen LogP contribution in [0.25, 0.3) is 10.7 Å². The molecule has 2 aromatic heterocycles. The lowest BCUT2D eigenvalue weighted by atomic mass is 9.48. The number of carbonyl (C=O) groups is 1. The van der Waals surface area contributed by atoms with E-state index in [1.807, 2.05) is 17.5 Å². The Hall–Kier alpha value is -1.14. The summed E-state index contributed by atoms with van der Waals surface area (Å²) < 4.78 is 0. The number of aromatic nitrogens is 3. The van der Waals surface area contributed by atoms with Gasteiger partial charge in [0.1, 0.15) is 5.78 Å². The fourth-order valence-corrected chi connectivity index (χ4v) is 7.07. The summed E-state index contributed by atoms with van der Waals surface area (Å²) in [6.45, 7) is 0. The normalized spacial score (nSPS) is 33.9. The number of Topliss-reactive ketones (excluding diaryl/α,β-unsaturated/α-hetero) is 1. The van der Waals surface area contributed by atoms with Crippen molar-refractivity contribution in [1.29, 1.82) is 0 Å². The molecule has 0 unspecified atom stereocenters. The Balaban J connectivity index is 1.26. The zero-order chi connectivity index (χ0) is 16.1. The average molecular weight is 360 g/mol. The van der Waals surface area contributed by atoms with Gasteiger partial charge in [-0.25, -0.2) is 4.98 Å². The lowest BCUT2D eigenvalue weighted by Gasteiger charge is -2.56. The van der Waals surface area contributed by atoms with Gasteiger partial charge in [-0.2, -0.15) is 0 Å². The van der Waals surface area contributed by atoms with Crippen molar-refractivity contribution in [3.05, 3.63) is 17.5 Å². The summed E-state index contributed by atoms with van der Waals surface area (Å²) in [5.41, 5.74) is -0.00532. The summed E-state index contributed by atoms with van der Waals surface area (Å²) in [7, 11) is 0. The molecule has 1 N–H and O–H groups in total. The van der Waals surface area contributed by atoms with Crippen LogP contribution in [0.1, 0.15) is 38.5 Å². The third-order valence-corrected chi connectivity index (χ3v) is 7.91. The summed E-state index contributed by atoms with van der Waals surface area (Å²) in [5, 5.41) is 9.98. The van der Waals surface area contributed by atoms with Crippen LogP contribution >= 0.6 is 23.1 Å². The smallest absolute Gasteiger partial charge is 0.209 e. The average Bonchev–Trinajstić information content (AvgIpc) is 3.22. The molecule has 4 aliphatic carbocycles. The number of rotatable bonds is 5. The van der Waals surface area contributed by atoms with E-state index in [1.54, 1.807) is 11.3 Å². The second kappa shape index (κ2) is 5.70. The zero-order valence-corrected chi connectivity index (χ0v) is 15.2. The molecule has 24 heavy (non-hydrogen) atoms. The maximum Gasteiger partial charge on any atom is 0.209 e. The molecule has 0 aromatic carbocycles. The molecule has 6 heteroatoms. The number of nitrogens with one attached hydrogen (secondary N) is 1. The number of hydrogen-bond acceptors (Lipinski definition) is 5. The van der Waals surface area contributed by atoms with Crippen LogP contribution in [0.5, 0.6) is 0 Å². The molecule has 4 aliphatic rings. The first-order valence-electron chi connectivity index (χ1n) is 8.82. The van der Waals surface area contributed by atoms with E-state index in [0.29, 0.717) is 16.7 Å². The van der Waals surface area contributed by atoms with Crippen molar-refractivity contribution >= 4 is 28.9 Å². The van der Waals surface area contributed by atoms with Gasteiger partial charge >= 0.3 is 0 Å². The van der Waals surface area contributed by atoms with Crippen LogP contribution in [0.4, 0.5) is 0 Å². The molecule has 6 rings (SSSR count). The molecule has 4 bridgehead atoms. The van der Waals surface area contributed by atoms with Crippen molar-refractivity contribution in [2.45, 2.75) is 43.7 Å². The van der Waals surface area contributed by atoms with Crippen molar-refractivity contribution in [2.24, 2.45) is 23.2 Å². The Kier molecular flexibility index (Phi) is 3.59. The predicted molar refractivity (Wildman–Crippen MR) is 96.0 cm³/mol. The minimum absolute atomic E-state index is 0.00532. The number of carbonyl (C=O) groups excluding carboxylic acids is 1. The number of ketones is 1. The van der Waals surface area contributed by atoms with Gasteiger partial charge in [0.25, 0.3) is 0 Å². The molecule has 0 saturated heterocycles. The van der Waals surface area contributed by atoms with E-state index in [9.17, 15) is 4.79 Å². The molecule has 2 heterocycles. The fourth-order valence-electron chi connectivity index (χ4n) is 5.57. The molecule has 0 atom stereocenters. The largest absolute Gasteiger partial charge is 0.298 e. The van der Waals surface area contributed by atoms with E-state index in [4.69, 9.17) is 0 Å². The van der Waals surface area contributed by atoms with Gasteiger partial charge in [0.2, 0.25) is 5.16 Å². The number of thioether (sulfide) groups is 1. The minimum atomic E-state index is -0.00532. The molecule has 0 amide bonds. The Bertz CT molecular complexity index is 717. The molecule has 4 saturated carbocycles. The van der Waals surface area contributed by atoms with E-state index in [0.717, 1.165) is 47.7 Å². The molecule has 2 aromatic rings. The maximum absolute atomic E-state index is 13.0. The molecule has 126 valence electrons. The molecule has 0 spiro atoms. The van der Waals surface area contributed by atoms with Crippen molar-refractivity contribution in [1.82, 2.24) is 15.2 Å². The number of aromatic amines is 1. The van der Waals surface area contributed by atoms with Crippen LogP contribution in [0.3, 0.4) is 0 Å². The van der Waals surface area contributed by atoms with Crippen molar-refractivity contribution < 1.29 is 4.79 Å². The van der Waals surface area contributed by atoms with E-state index >= 15 is 0 Å². The van der Waals surface area contributed by atoms with Crippen LogP contribution in [-0.2, 0) is 4.79 Å². The highest BCUT2D eigenvalue weighted by Gasteiger charge is 2.54. The van der Waals surface area contributed by atoms with Crippen LogP contribution in [-0.4, -0.2) is 26.7 Å². The quantitative estimate of drug-likeness (QED) is 0.803. The van der Waals surface area contributed by atoms with Crippen molar-refractivity contribution in [2.75, 3.05) is 5.75 Å². The predicted octanol–water partition coefficient (Wildman–Crippen LogP) is 4.41. The summed E-state index contributed by atoms with van der Waals surface area (Å²) in [4.78, 5) is 18.6. The van der Waals surface area contributed by atoms with E-state index in [1.165, 1.54) is 31.0 Å². The van der Waals surface area contributed by atoms with Crippen molar-refractivity contribution in [3.8, 4) is 10.7 Å². The first kappa shape index (κ1) is 15.1. The van der Waals surface area contributed by atoms with Crippen LogP contribution in [0.2, 0.25) is 0 Å². The van der Waals surface area contributed by atoms with Gasteiger partial charge in [-0.15, -0.1) is 16.4 Å². The van der Waals surface area contributed by atoms with Crippen molar-refractivity contribution in [3.63, 3.8) is 0 Å². The zero-order valence-electron chi connectivity index (χ0n) is 13.5. The number of H-pyrrole nitrogens is 1. The second-order valence-corrected chi connectivity index (χ2v) is 9.74. The van der Waals surface area contributed by atoms with Gasteiger partial charge in [-0.05, 0) is 67.7 Å². The van der Waals surface area contributed by atoms with Gasteiger partial charge in [-0.1, -0.05) is 17.8 Å². The van der Waals surface area contributed by atoms with E-state index in [2.05, 4.69) is 15.2 Å². The molecule has 0 aliphatic heterocycles. The summed E-state index contributed by atoms with van der Waals surface area (Å²) in [6.07, 6.45) is 7.58. The topological polar surface area (TPSA) is 58.6 Å². The van der Waals surface area contributed by atoms with Gasteiger partial charge < -0.3 is 0 Å². The minimum Gasteiger partial charge on any atom is -0.298 e. The SMILES string of the molecule is O=C(CSc1n[nH]c(-c2cccs2)n1)C12CC3CC(CC(C3)C1)C2. The Morgan fingerprint density at radius 1 is 1.25 bits per heavy atom. The van der Waals surface area contributed by atoms with Gasteiger partial charge in [0.05, 0.1) is 10.6 Å². The van der Waals surface area contributed by atoms with Crippen LogP contribution in [0, 0.1) is 23.2 Å². The Morgan fingerprint density at radius 3 is 2.58 bits per heavy atom. The number of nitrogens with zero attached hydrogens (tertiary/aromatic N) is 2.